The van der Waals surface area contributed by atoms with Crippen LogP contribution in [0.15, 0.2) is 29.2 Å². The lowest BCUT2D eigenvalue weighted by atomic mass is 9.94. The standard InChI is InChI=1S/C11H15NO3S/c1-12(9-4-2-5-9)16(14,15)11-7-3-6-10(13)8-11/h3,6-9,13H,2,4-5H2,1H3. The van der Waals surface area contributed by atoms with Gasteiger partial charge in [-0.25, -0.2) is 8.42 Å². The minimum Gasteiger partial charge on any atom is -0.508 e. The maximum atomic E-state index is 12.1. The summed E-state index contributed by atoms with van der Waals surface area (Å²) in [5.41, 5.74) is 0. The first-order chi connectivity index (χ1) is 7.51. The fourth-order valence-corrected chi connectivity index (χ4v) is 3.21. The number of hydrogen-bond donors (Lipinski definition) is 1. The summed E-state index contributed by atoms with van der Waals surface area (Å²) in [7, 11) is -1.85. The van der Waals surface area contributed by atoms with E-state index in [2.05, 4.69) is 0 Å². The predicted octanol–water partition coefficient (Wildman–Crippen LogP) is 1.57. The zero-order chi connectivity index (χ0) is 11.8. The van der Waals surface area contributed by atoms with Crippen molar-refractivity contribution in [3.8, 4) is 5.75 Å². The first kappa shape index (κ1) is 11.4. The van der Waals surface area contributed by atoms with E-state index >= 15 is 0 Å². The molecule has 2 rings (SSSR count). The van der Waals surface area contributed by atoms with Crippen molar-refractivity contribution in [2.24, 2.45) is 0 Å². The Morgan fingerprint density at radius 1 is 1.38 bits per heavy atom. The molecule has 0 saturated heterocycles. The second kappa shape index (κ2) is 4.07. The molecular weight excluding hydrogens is 226 g/mol. The van der Waals surface area contributed by atoms with Gasteiger partial charge in [0.15, 0.2) is 0 Å². The first-order valence-corrected chi connectivity index (χ1v) is 6.73. The largest absolute Gasteiger partial charge is 0.508 e. The average Bonchev–Trinajstić information content (AvgIpc) is 2.15. The van der Waals surface area contributed by atoms with Crippen molar-refractivity contribution >= 4 is 10.0 Å². The average molecular weight is 241 g/mol. The Hall–Kier alpha value is -1.07. The molecule has 0 radical (unpaired) electrons. The molecule has 1 aliphatic rings. The number of phenolic OH excluding ortho intramolecular Hbond substituents is 1. The van der Waals surface area contributed by atoms with Crippen molar-refractivity contribution in [3.63, 3.8) is 0 Å². The van der Waals surface area contributed by atoms with Gasteiger partial charge in [-0.15, -0.1) is 0 Å². The lowest BCUT2D eigenvalue weighted by molar-refractivity contribution is 0.249. The van der Waals surface area contributed by atoms with Crippen LogP contribution in [0, 0.1) is 0 Å². The van der Waals surface area contributed by atoms with E-state index in [9.17, 15) is 13.5 Å². The molecule has 0 unspecified atom stereocenters. The van der Waals surface area contributed by atoms with Crippen molar-refractivity contribution in [3.05, 3.63) is 24.3 Å². The Kier molecular flexibility index (Phi) is 2.90. The van der Waals surface area contributed by atoms with Crippen molar-refractivity contribution in [1.29, 1.82) is 0 Å². The maximum Gasteiger partial charge on any atom is 0.243 e. The molecule has 1 N–H and O–H groups in total. The third-order valence-electron chi connectivity index (χ3n) is 3.08. The van der Waals surface area contributed by atoms with E-state index in [0.717, 1.165) is 19.3 Å². The molecule has 0 aromatic heterocycles. The van der Waals surface area contributed by atoms with E-state index < -0.39 is 10.0 Å². The summed E-state index contributed by atoms with van der Waals surface area (Å²) in [6.45, 7) is 0. The van der Waals surface area contributed by atoms with E-state index in [1.807, 2.05) is 0 Å². The molecule has 1 fully saturated rings. The topological polar surface area (TPSA) is 57.6 Å². The molecule has 1 aromatic carbocycles. The lowest BCUT2D eigenvalue weighted by Crippen LogP contribution is -2.41. The van der Waals surface area contributed by atoms with Crippen LogP contribution in [0.4, 0.5) is 0 Å². The molecule has 0 bridgehead atoms. The van der Waals surface area contributed by atoms with Crippen LogP contribution in [0.5, 0.6) is 5.75 Å². The molecule has 1 saturated carbocycles. The molecule has 1 aliphatic carbocycles. The van der Waals surface area contributed by atoms with Gasteiger partial charge < -0.3 is 5.11 Å². The van der Waals surface area contributed by atoms with Gasteiger partial charge >= 0.3 is 0 Å². The fraction of sp³-hybridized carbons (Fsp3) is 0.455. The van der Waals surface area contributed by atoms with Gasteiger partial charge in [-0.2, -0.15) is 4.31 Å². The summed E-state index contributed by atoms with van der Waals surface area (Å²) >= 11 is 0. The number of aromatic hydroxyl groups is 1. The fourth-order valence-electron chi connectivity index (χ4n) is 1.76. The molecule has 88 valence electrons. The Balaban J connectivity index is 2.30. The summed E-state index contributed by atoms with van der Waals surface area (Å²) in [6.07, 6.45) is 2.94. The monoisotopic (exact) mass is 241 g/mol. The predicted molar refractivity (Wildman–Crippen MR) is 60.7 cm³/mol. The summed E-state index contributed by atoms with van der Waals surface area (Å²) < 4.78 is 25.7. The lowest BCUT2D eigenvalue weighted by Gasteiger charge is -2.33. The molecule has 1 aromatic rings. The normalized spacial score (nSPS) is 17.4. The molecule has 4 nitrogen and oxygen atoms in total. The summed E-state index contributed by atoms with van der Waals surface area (Å²) in [5, 5.41) is 9.28. The number of sulfonamides is 1. The van der Waals surface area contributed by atoms with Crippen LogP contribution < -0.4 is 0 Å². The number of phenols is 1. The van der Waals surface area contributed by atoms with E-state index in [-0.39, 0.29) is 16.7 Å². The molecule has 0 spiro atoms. The number of hydrogen-bond acceptors (Lipinski definition) is 3. The van der Waals surface area contributed by atoms with E-state index in [1.54, 1.807) is 7.05 Å². The number of rotatable bonds is 3. The van der Waals surface area contributed by atoms with Crippen molar-refractivity contribution in [2.75, 3.05) is 7.05 Å². The Labute approximate surface area is 95.6 Å². The Morgan fingerprint density at radius 3 is 2.56 bits per heavy atom. The Morgan fingerprint density at radius 2 is 2.06 bits per heavy atom. The maximum absolute atomic E-state index is 12.1. The van der Waals surface area contributed by atoms with E-state index in [1.165, 1.54) is 28.6 Å². The highest BCUT2D eigenvalue weighted by Crippen LogP contribution is 2.29. The van der Waals surface area contributed by atoms with Gasteiger partial charge in [0.05, 0.1) is 4.90 Å². The first-order valence-electron chi connectivity index (χ1n) is 5.29. The van der Waals surface area contributed by atoms with Crippen molar-refractivity contribution < 1.29 is 13.5 Å². The highest BCUT2D eigenvalue weighted by Gasteiger charge is 2.31. The third-order valence-corrected chi connectivity index (χ3v) is 4.99. The zero-order valence-electron chi connectivity index (χ0n) is 9.13. The van der Waals surface area contributed by atoms with Crippen LogP contribution in [-0.4, -0.2) is 30.9 Å². The van der Waals surface area contributed by atoms with Gasteiger partial charge in [0.2, 0.25) is 10.0 Å². The van der Waals surface area contributed by atoms with Gasteiger partial charge in [0.1, 0.15) is 5.75 Å². The summed E-state index contributed by atoms with van der Waals surface area (Å²) in [4.78, 5) is 0.155. The zero-order valence-corrected chi connectivity index (χ0v) is 9.94. The second-order valence-corrected chi connectivity index (χ2v) is 6.10. The number of benzene rings is 1. The van der Waals surface area contributed by atoms with Gasteiger partial charge in [0.25, 0.3) is 0 Å². The highest BCUT2D eigenvalue weighted by molar-refractivity contribution is 7.89. The summed E-state index contributed by atoms with van der Waals surface area (Å²) in [5.74, 6) is -0.0249. The number of nitrogens with zero attached hydrogens (tertiary/aromatic N) is 1. The minimum absolute atomic E-state index is 0.0249. The quantitative estimate of drug-likeness (QED) is 0.873. The molecule has 0 atom stereocenters. The highest BCUT2D eigenvalue weighted by atomic mass is 32.2. The van der Waals surface area contributed by atoms with Crippen molar-refractivity contribution in [1.82, 2.24) is 4.31 Å². The van der Waals surface area contributed by atoms with Gasteiger partial charge in [-0.1, -0.05) is 12.5 Å². The minimum atomic E-state index is -3.45. The van der Waals surface area contributed by atoms with Crippen molar-refractivity contribution in [2.45, 2.75) is 30.2 Å². The van der Waals surface area contributed by atoms with Gasteiger partial charge in [-0.05, 0) is 31.0 Å². The third kappa shape index (κ3) is 1.92. The second-order valence-electron chi connectivity index (χ2n) is 4.10. The van der Waals surface area contributed by atoms with Crippen LogP contribution in [0.2, 0.25) is 0 Å². The summed E-state index contributed by atoms with van der Waals surface area (Å²) in [6, 6.07) is 5.90. The van der Waals surface area contributed by atoms with Crippen LogP contribution in [0.1, 0.15) is 19.3 Å². The van der Waals surface area contributed by atoms with Gasteiger partial charge in [0, 0.05) is 13.1 Å². The molecule has 0 amide bonds. The SMILES string of the molecule is CN(C1CCC1)S(=O)(=O)c1cccc(O)c1. The molecular formula is C11H15NO3S. The van der Waals surface area contributed by atoms with Crippen LogP contribution in [-0.2, 0) is 10.0 Å². The smallest absolute Gasteiger partial charge is 0.243 e. The molecule has 16 heavy (non-hydrogen) atoms. The molecule has 0 heterocycles. The van der Waals surface area contributed by atoms with E-state index in [0.29, 0.717) is 0 Å². The van der Waals surface area contributed by atoms with E-state index in [4.69, 9.17) is 0 Å². The molecule has 0 aliphatic heterocycles. The van der Waals surface area contributed by atoms with Crippen LogP contribution in [0.3, 0.4) is 0 Å². The Bertz CT molecular complexity index is 480. The van der Waals surface area contributed by atoms with Crippen LogP contribution in [0.25, 0.3) is 0 Å². The van der Waals surface area contributed by atoms with Crippen LogP contribution >= 0.6 is 0 Å². The molecule has 5 heteroatoms. The van der Waals surface area contributed by atoms with Gasteiger partial charge in [-0.3, -0.25) is 0 Å².